The molecule has 0 aliphatic heterocycles. The van der Waals surface area contributed by atoms with Crippen LogP contribution in [-0.4, -0.2) is 16.8 Å². The van der Waals surface area contributed by atoms with Crippen LogP contribution in [0.4, 0.5) is 10.1 Å². The molecule has 2 aromatic rings. The van der Waals surface area contributed by atoms with Gasteiger partial charge in [-0.3, -0.25) is 14.6 Å². The van der Waals surface area contributed by atoms with E-state index in [4.69, 9.17) is 0 Å². The van der Waals surface area contributed by atoms with Crippen LogP contribution in [0.3, 0.4) is 0 Å². The van der Waals surface area contributed by atoms with E-state index in [1.165, 1.54) is 24.3 Å². The van der Waals surface area contributed by atoms with Crippen LogP contribution in [0.5, 0.6) is 0 Å². The maximum atomic E-state index is 12.7. The largest absolute Gasteiger partial charge is 0.344 e. The third kappa shape index (κ3) is 3.88. The Labute approximate surface area is 114 Å². The first-order valence-corrected chi connectivity index (χ1v) is 5.89. The molecular formula is C14H12FN3O2. The van der Waals surface area contributed by atoms with Gasteiger partial charge < -0.3 is 10.6 Å². The summed E-state index contributed by atoms with van der Waals surface area (Å²) in [5.41, 5.74) is 1.14. The van der Waals surface area contributed by atoms with E-state index in [-0.39, 0.29) is 6.54 Å². The normalized spacial score (nSPS) is 9.85. The summed E-state index contributed by atoms with van der Waals surface area (Å²) in [5, 5.41) is 4.84. The smallest absolute Gasteiger partial charge is 0.313 e. The van der Waals surface area contributed by atoms with Crippen molar-refractivity contribution >= 4 is 17.5 Å². The Morgan fingerprint density at radius 3 is 2.50 bits per heavy atom. The molecule has 102 valence electrons. The average molecular weight is 273 g/mol. The number of carbonyl (C=O) groups excluding carboxylic acids is 2. The van der Waals surface area contributed by atoms with Crippen LogP contribution in [-0.2, 0) is 16.1 Å². The number of hydrogen-bond acceptors (Lipinski definition) is 3. The van der Waals surface area contributed by atoms with E-state index in [0.29, 0.717) is 5.69 Å². The second-order valence-corrected chi connectivity index (χ2v) is 4.00. The second-order valence-electron chi connectivity index (χ2n) is 4.00. The maximum absolute atomic E-state index is 12.7. The van der Waals surface area contributed by atoms with Crippen molar-refractivity contribution in [3.63, 3.8) is 0 Å². The van der Waals surface area contributed by atoms with Crippen molar-refractivity contribution in [2.24, 2.45) is 0 Å². The predicted octanol–water partition coefficient (Wildman–Crippen LogP) is 1.48. The highest BCUT2D eigenvalue weighted by molar-refractivity contribution is 6.39. The molecule has 2 amide bonds. The number of halogens is 1. The van der Waals surface area contributed by atoms with E-state index in [2.05, 4.69) is 15.6 Å². The highest BCUT2D eigenvalue weighted by Crippen LogP contribution is 2.07. The summed E-state index contributed by atoms with van der Waals surface area (Å²) < 4.78 is 12.7. The first-order valence-electron chi connectivity index (χ1n) is 5.89. The SMILES string of the molecule is O=C(NCc1cccnc1)C(=O)Nc1ccc(F)cc1. The van der Waals surface area contributed by atoms with Gasteiger partial charge in [0, 0.05) is 24.6 Å². The fourth-order valence-corrected chi connectivity index (χ4v) is 1.49. The number of carbonyl (C=O) groups is 2. The van der Waals surface area contributed by atoms with E-state index < -0.39 is 17.6 Å². The van der Waals surface area contributed by atoms with Gasteiger partial charge >= 0.3 is 11.8 Å². The van der Waals surface area contributed by atoms with Crippen LogP contribution < -0.4 is 10.6 Å². The van der Waals surface area contributed by atoms with Gasteiger partial charge in [-0.1, -0.05) is 6.07 Å². The predicted molar refractivity (Wildman–Crippen MR) is 71.1 cm³/mol. The van der Waals surface area contributed by atoms with E-state index in [1.54, 1.807) is 24.5 Å². The maximum Gasteiger partial charge on any atom is 0.313 e. The average Bonchev–Trinajstić information content (AvgIpc) is 2.48. The number of benzene rings is 1. The summed E-state index contributed by atoms with van der Waals surface area (Å²) >= 11 is 0. The van der Waals surface area contributed by atoms with E-state index in [9.17, 15) is 14.0 Å². The molecule has 0 radical (unpaired) electrons. The topological polar surface area (TPSA) is 71.1 Å². The van der Waals surface area contributed by atoms with Gasteiger partial charge in [-0.15, -0.1) is 0 Å². The Morgan fingerprint density at radius 2 is 1.85 bits per heavy atom. The number of pyridine rings is 1. The van der Waals surface area contributed by atoms with Crippen molar-refractivity contribution < 1.29 is 14.0 Å². The fourth-order valence-electron chi connectivity index (χ4n) is 1.49. The highest BCUT2D eigenvalue weighted by atomic mass is 19.1. The van der Waals surface area contributed by atoms with Gasteiger partial charge in [0.15, 0.2) is 0 Å². The van der Waals surface area contributed by atoms with Gasteiger partial charge in [0.25, 0.3) is 0 Å². The van der Waals surface area contributed by atoms with Crippen molar-refractivity contribution in [2.75, 3.05) is 5.32 Å². The Bertz CT molecular complexity index is 600. The monoisotopic (exact) mass is 273 g/mol. The number of rotatable bonds is 3. The molecule has 0 spiro atoms. The number of hydrogen-bond donors (Lipinski definition) is 2. The lowest BCUT2D eigenvalue weighted by Gasteiger charge is -2.06. The summed E-state index contributed by atoms with van der Waals surface area (Å²) in [5.74, 6) is -1.98. The molecule has 20 heavy (non-hydrogen) atoms. The molecule has 0 saturated heterocycles. The molecule has 0 aliphatic carbocycles. The summed E-state index contributed by atoms with van der Waals surface area (Å²) in [7, 11) is 0. The molecule has 1 aromatic carbocycles. The van der Waals surface area contributed by atoms with Gasteiger partial charge in [-0.25, -0.2) is 4.39 Å². The number of aromatic nitrogens is 1. The molecule has 2 rings (SSSR count). The molecule has 5 nitrogen and oxygen atoms in total. The Kier molecular flexibility index (Phi) is 4.39. The van der Waals surface area contributed by atoms with Crippen LogP contribution >= 0.6 is 0 Å². The van der Waals surface area contributed by atoms with Crippen LogP contribution in [0.2, 0.25) is 0 Å². The minimum Gasteiger partial charge on any atom is -0.344 e. The van der Waals surface area contributed by atoms with Gasteiger partial charge in [-0.05, 0) is 35.9 Å². The number of anilines is 1. The van der Waals surface area contributed by atoms with Gasteiger partial charge in [0.05, 0.1) is 0 Å². The quantitative estimate of drug-likeness (QED) is 0.832. The van der Waals surface area contributed by atoms with Crippen molar-refractivity contribution in [1.82, 2.24) is 10.3 Å². The van der Waals surface area contributed by atoms with E-state index in [0.717, 1.165) is 5.56 Å². The summed E-state index contributed by atoms with van der Waals surface area (Å²) in [6, 6.07) is 8.67. The molecule has 0 atom stereocenters. The van der Waals surface area contributed by atoms with Gasteiger partial charge in [-0.2, -0.15) is 0 Å². The van der Waals surface area contributed by atoms with Gasteiger partial charge in [0.1, 0.15) is 5.82 Å². The Balaban J connectivity index is 1.86. The van der Waals surface area contributed by atoms with E-state index in [1.807, 2.05) is 0 Å². The molecule has 1 heterocycles. The molecule has 0 aliphatic rings. The van der Waals surface area contributed by atoms with Crippen LogP contribution in [0.25, 0.3) is 0 Å². The number of nitrogens with one attached hydrogen (secondary N) is 2. The Hall–Kier alpha value is -2.76. The van der Waals surface area contributed by atoms with Crippen LogP contribution in [0, 0.1) is 5.82 Å². The third-order valence-corrected chi connectivity index (χ3v) is 2.48. The number of amides is 2. The molecule has 1 aromatic heterocycles. The Morgan fingerprint density at radius 1 is 1.10 bits per heavy atom. The molecular weight excluding hydrogens is 261 g/mol. The second kappa shape index (κ2) is 6.42. The van der Waals surface area contributed by atoms with Crippen molar-refractivity contribution in [1.29, 1.82) is 0 Å². The summed E-state index contributed by atoms with van der Waals surface area (Å²) in [6.07, 6.45) is 3.21. The minimum absolute atomic E-state index is 0.212. The van der Waals surface area contributed by atoms with Crippen LogP contribution in [0.15, 0.2) is 48.8 Å². The molecule has 0 unspecified atom stereocenters. The van der Waals surface area contributed by atoms with Crippen LogP contribution in [0.1, 0.15) is 5.56 Å². The number of nitrogens with zero attached hydrogens (tertiary/aromatic N) is 1. The standard InChI is InChI=1S/C14H12FN3O2/c15-11-3-5-12(6-4-11)18-14(20)13(19)17-9-10-2-1-7-16-8-10/h1-8H,9H2,(H,17,19)(H,18,20). The zero-order chi connectivity index (χ0) is 14.4. The van der Waals surface area contributed by atoms with Crippen molar-refractivity contribution in [3.8, 4) is 0 Å². The molecule has 0 fully saturated rings. The molecule has 0 saturated carbocycles. The molecule has 2 N–H and O–H groups in total. The van der Waals surface area contributed by atoms with E-state index >= 15 is 0 Å². The zero-order valence-electron chi connectivity index (χ0n) is 10.5. The summed E-state index contributed by atoms with van der Waals surface area (Å²) in [4.78, 5) is 27.1. The lowest BCUT2D eigenvalue weighted by Crippen LogP contribution is -2.34. The third-order valence-electron chi connectivity index (χ3n) is 2.48. The van der Waals surface area contributed by atoms with Gasteiger partial charge in [0.2, 0.25) is 0 Å². The summed E-state index contributed by atoms with van der Waals surface area (Å²) in [6.45, 7) is 0.212. The molecule has 0 bridgehead atoms. The highest BCUT2D eigenvalue weighted by Gasteiger charge is 2.13. The lowest BCUT2D eigenvalue weighted by molar-refractivity contribution is -0.136. The van der Waals surface area contributed by atoms with Crippen molar-refractivity contribution in [2.45, 2.75) is 6.54 Å². The minimum atomic E-state index is -0.805. The first-order chi connectivity index (χ1) is 9.65. The lowest BCUT2D eigenvalue weighted by atomic mass is 10.3. The zero-order valence-corrected chi connectivity index (χ0v) is 10.5. The molecule has 6 heteroatoms. The fraction of sp³-hybridized carbons (Fsp3) is 0.0714. The first kappa shape index (κ1) is 13.7. The van der Waals surface area contributed by atoms with Crippen molar-refractivity contribution in [3.05, 3.63) is 60.2 Å².